The minimum absolute atomic E-state index is 0.643. The molecule has 0 atom stereocenters. The number of nitrogens with zero attached hydrogens (tertiary/aromatic N) is 3. The third-order valence-corrected chi connectivity index (χ3v) is 3.71. The van der Waals surface area contributed by atoms with Crippen molar-refractivity contribution < 1.29 is 0 Å². The van der Waals surface area contributed by atoms with Gasteiger partial charge < -0.3 is 9.55 Å². The first-order valence-electron chi connectivity index (χ1n) is 5.80. The Kier molecular flexibility index (Phi) is 3.20. The van der Waals surface area contributed by atoms with Crippen LogP contribution in [0, 0.1) is 11.7 Å². The van der Waals surface area contributed by atoms with Gasteiger partial charge in [-0.15, -0.1) is 0 Å². The van der Waals surface area contributed by atoms with Gasteiger partial charge in [0.2, 0.25) is 0 Å². The number of rotatable bonds is 2. The minimum Gasteiger partial charge on any atom is -0.331 e. The Balaban J connectivity index is 2.10. The smallest absolute Gasteiger partial charge is 0.178 e. The van der Waals surface area contributed by atoms with Crippen LogP contribution in [0.3, 0.4) is 0 Å². The summed E-state index contributed by atoms with van der Waals surface area (Å²) in [6, 6.07) is 7.98. The molecule has 3 rings (SSSR count). The van der Waals surface area contributed by atoms with Gasteiger partial charge in [0.05, 0.1) is 23.3 Å². The molecule has 0 saturated heterocycles. The van der Waals surface area contributed by atoms with E-state index >= 15 is 0 Å². The lowest BCUT2D eigenvalue weighted by atomic mass is 10.3. The largest absolute Gasteiger partial charge is 0.331 e. The minimum atomic E-state index is 0.643. The van der Waals surface area contributed by atoms with Crippen LogP contribution in [0.25, 0.3) is 11.0 Å². The van der Waals surface area contributed by atoms with Gasteiger partial charge in [0.25, 0.3) is 0 Å². The van der Waals surface area contributed by atoms with Crippen LogP contribution >= 0.6 is 28.1 Å². The van der Waals surface area contributed by atoms with Crippen LogP contribution < -0.4 is 0 Å². The third-order valence-electron chi connectivity index (χ3n) is 2.89. The van der Waals surface area contributed by atoms with Crippen LogP contribution in [0.4, 0.5) is 0 Å². The van der Waals surface area contributed by atoms with Crippen LogP contribution in [0.1, 0.15) is 11.5 Å². The number of nitrogens with one attached hydrogen (secondary N) is 1. The number of aromatic nitrogens is 4. The normalized spacial score (nSPS) is 11.1. The second kappa shape index (κ2) is 4.86. The maximum Gasteiger partial charge on any atom is 0.178 e. The lowest BCUT2D eigenvalue weighted by Gasteiger charge is -2.04. The van der Waals surface area contributed by atoms with E-state index in [2.05, 4.69) is 30.9 Å². The second-order valence-electron chi connectivity index (χ2n) is 4.27. The number of aryl methyl sites for hydroxylation is 1. The van der Waals surface area contributed by atoms with E-state index in [1.54, 1.807) is 6.20 Å². The SMILES string of the molecule is Cc1nccc(Cn2c(=S)[nH]c3cc(Br)ccc32)n1. The number of imidazole rings is 1. The van der Waals surface area contributed by atoms with Crippen molar-refractivity contribution in [3.63, 3.8) is 0 Å². The van der Waals surface area contributed by atoms with Crippen LogP contribution in [0.15, 0.2) is 34.9 Å². The summed E-state index contributed by atoms with van der Waals surface area (Å²) in [5.74, 6) is 0.770. The monoisotopic (exact) mass is 334 g/mol. The zero-order valence-electron chi connectivity index (χ0n) is 10.2. The molecule has 4 nitrogen and oxygen atoms in total. The molecule has 19 heavy (non-hydrogen) atoms. The van der Waals surface area contributed by atoms with Crippen molar-refractivity contribution in [2.75, 3.05) is 0 Å². The Morgan fingerprint density at radius 1 is 1.37 bits per heavy atom. The van der Waals surface area contributed by atoms with Crippen LogP contribution in [-0.2, 0) is 6.54 Å². The van der Waals surface area contributed by atoms with E-state index in [9.17, 15) is 0 Å². The van der Waals surface area contributed by atoms with E-state index in [-0.39, 0.29) is 0 Å². The summed E-state index contributed by atoms with van der Waals surface area (Å²) < 4.78 is 3.77. The standard InChI is InChI=1S/C13H11BrN4S/c1-8-15-5-4-10(16-8)7-18-12-3-2-9(14)6-11(12)17-13(18)19/h2-6H,7H2,1H3,(H,17,19). The van der Waals surface area contributed by atoms with E-state index in [1.807, 2.05) is 35.8 Å². The van der Waals surface area contributed by atoms with Crippen molar-refractivity contribution in [3.8, 4) is 0 Å². The highest BCUT2D eigenvalue weighted by molar-refractivity contribution is 9.10. The summed E-state index contributed by atoms with van der Waals surface area (Å²) in [7, 11) is 0. The average molecular weight is 335 g/mol. The zero-order chi connectivity index (χ0) is 13.4. The van der Waals surface area contributed by atoms with Gasteiger partial charge in [-0.1, -0.05) is 15.9 Å². The van der Waals surface area contributed by atoms with E-state index < -0.39 is 0 Å². The topological polar surface area (TPSA) is 46.5 Å². The molecule has 0 aliphatic carbocycles. The molecule has 2 aromatic heterocycles. The first kappa shape index (κ1) is 12.5. The van der Waals surface area contributed by atoms with Gasteiger partial charge in [-0.25, -0.2) is 9.97 Å². The average Bonchev–Trinajstić information content (AvgIpc) is 2.65. The highest BCUT2D eigenvalue weighted by Crippen LogP contribution is 2.20. The highest BCUT2D eigenvalue weighted by atomic mass is 79.9. The molecule has 1 N–H and O–H groups in total. The molecule has 2 heterocycles. The fourth-order valence-corrected chi connectivity index (χ4v) is 2.68. The van der Waals surface area contributed by atoms with Gasteiger partial charge in [0.15, 0.2) is 4.77 Å². The molecule has 0 aliphatic heterocycles. The van der Waals surface area contributed by atoms with Crippen LogP contribution in [0.2, 0.25) is 0 Å². The van der Waals surface area contributed by atoms with E-state index in [1.165, 1.54) is 0 Å². The van der Waals surface area contributed by atoms with Crippen molar-refractivity contribution in [1.82, 2.24) is 19.5 Å². The van der Waals surface area contributed by atoms with E-state index in [0.717, 1.165) is 27.0 Å². The van der Waals surface area contributed by atoms with Gasteiger partial charge >= 0.3 is 0 Å². The Morgan fingerprint density at radius 2 is 2.21 bits per heavy atom. The Hall–Kier alpha value is -1.53. The molecule has 0 fully saturated rings. The summed E-state index contributed by atoms with van der Waals surface area (Å²) in [4.78, 5) is 11.7. The van der Waals surface area contributed by atoms with Gasteiger partial charge in [-0.05, 0) is 43.4 Å². The van der Waals surface area contributed by atoms with Crippen molar-refractivity contribution in [3.05, 3.63) is 51.2 Å². The third kappa shape index (κ3) is 2.46. The summed E-state index contributed by atoms with van der Waals surface area (Å²) >= 11 is 8.84. The van der Waals surface area contributed by atoms with E-state index in [4.69, 9.17) is 12.2 Å². The molecule has 0 saturated carbocycles. The molecule has 3 aromatic rings. The predicted molar refractivity (Wildman–Crippen MR) is 80.7 cm³/mol. The number of aromatic amines is 1. The fraction of sp³-hybridized carbons (Fsp3) is 0.154. The summed E-state index contributed by atoms with van der Waals surface area (Å²) in [5.41, 5.74) is 3.04. The predicted octanol–water partition coefficient (Wildman–Crippen LogP) is 3.61. The lowest BCUT2D eigenvalue weighted by molar-refractivity contribution is 0.773. The van der Waals surface area contributed by atoms with Gasteiger partial charge in [0.1, 0.15) is 5.82 Å². The quantitative estimate of drug-likeness (QED) is 0.728. The fourth-order valence-electron chi connectivity index (χ4n) is 2.05. The van der Waals surface area contributed by atoms with Crippen LogP contribution in [-0.4, -0.2) is 19.5 Å². The van der Waals surface area contributed by atoms with Gasteiger partial charge in [-0.3, -0.25) is 0 Å². The molecule has 0 radical (unpaired) electrons. The number of hydrogen-bond acceptors (Lipinski definition) is 3. The van der Waals surface area contributed by atoms with Gasteiger partial charge in [-0.2, -0.15) is 0 Å². The van der Waals surface area contributed by atoms with Crippen molar-refractivity contribution in [2.24, 2.45) is 0 Å². The number of H-pyrrole nitrogens is 1. The molecule has 6 heteroatoms. The molecule has 1 aromatic carbocycles. The second-order valence-corrected chi connectivity index (χ2v) is 5.58. The summed E-state index contributed by atoms with van der Waals surface area (Å²) in [6.07, 6.45) is 1.77. The molecule has 0 unspecified atom stereocenters. The van der Waals surface area contributed by atoms with Crippen molar-refractivity contribution >= 4 is 39.2 Å². The molecule has 0 spiro atoms. The van der Waals surface area contributed by atoms with E-state index in [0.29, 0.717) is 11.3 Å². The summed E-state index contributed by atoms with van der Waals surface area (Å²) in [5, 5.41) is 0. The molecule has 0 bridgehead atoms. The van der Waals surface area contributed by atoms with Crippen molar-refractivity contribution in [2.45, 2.75) is 13.5 Å². The molecule has 0 aliphatic rings. The first-order valence-corrected chi connectivity index (χ1v) is 7.00. The maximum absolute atomic E-state index is 5.38. The molecule has 96 valence electrons. The molecular weight excluding hydrogens is 324 g/mol. The number of benzene rings is 1. The van der Waals surface area contributed by atoms with Gasteiger partial charge in [0, 0.05) is 10.7 Å². The molecular formula is C13H11BrN4S. The number of halogens is 1. The van der Waals surface area contributed by atoms with Crippen LogP contribution in [0.5, 0.6) is 0 Å². The maximum atomic E-state index is 5.38. The Bertz CT molecular complexity index is 806. The highest BCUT2D eigenvalue weighted by Gasteiger charge is 2.06. The van der Waals surface area contributed by atoms with Crippen molar-refractivity contribution in [1.29, 1.82) is 0 Å². The Labute approximate surface area is 123 Å². The summed E-state index contributed by atoms with van der Waals surface area (Å²) in [6.45, 7) is 2.53. The Morgan fingerprint density at radius 3 is 3.00 bits per heavy atom. The molecule has 0 amide bonds. The first-order chi connectivity index (χ1) is 9.13. The lowest BCUT2D eigenvalue weighted by Crippen LogP contribution is -2.03. The number of fused-ring (bicyclic) bond motifs is 1. The zero-order valence-corrected chi connectivity index (χ0v) is 12.6. The number of hydrogen-bond donors (Lipinski definition) is 1.